The van der Waals surface area contributed by atoms with Crippen LogP contribution in [0.1, 0.15) is 25.1 Å². The van der Waals surface area contributed by atoms with Crippen LogP contribution in [0.25, 0.3) is 11.0 Å². The fraction of sp³-hybridized carbons (Fsp3) is 0.316. The Bertz CT molecular complexity index is 1110. The predicted molar refractivity (Wildman–Crippen MR) is 105 cm³/mol. The molecular formula is C19H18F3N5O4. The highest BCUT2D eigenvalue weighted by atomic mass is 19.4. The lowest BCUT2D eigenvalue weighted by atomic mass is 10.2. The highest BCUT2D eigenvalue weighted by Crippen LogP contribution is 2.29. The number of rotatable bonds is 3. The third-order valence-electron chi connectivity index (χ3n) is 4.63. The van der Waals surface area contributed by atoms with E-state index in [0.29, 0.717) is 5.69 Å². The molecular weight excluding hydrogens is 419 g/mol. The summed E-state index contributed by atoms with van der Waals surface area (Å²) in [5.41, 5.74) is 3.22. The number of imidazole rings is 1. The molecule has 0 fully saturated rings. The maximum absolute atomic E-state index is 11.1. The van der Waals surface area contributed by atoms with Crippen molar-refractivity contribution in [3.63, 3.8) is 0 Å². The molecule has 1 aromatic carbocycles. The van der Waals surface area contributed by atoms with Crippen LogP contribution in [0, 0.1) is 10.1 Å². The first-order valence-corrected chi connectivity index (χ1v) is 9.31. The lowest BCUT2D eigenvalue weighted by Crippen LogP contribution is -2.21. The SMILES string of the molecule is O=C(O)C(F)(F)F.O=[N+]([O-])c1cnccc1Nc1ccc2c(c1)nc1n2CCCCC1. The van der Waals surface area contributed by atoms with Gasteiger partial charge in [-0.2, -0.15) is 13.2 Å². The van der Waals surface area contributed by atoms with Crippen molar-refractivity contribution >= 4 is 34.1 Å². The summed E-state index contributed by atoms with van der Waals surface area (Å²) < 4.78 is 34.0. The Morgan fingerprint density at radius 3 is 2.65 bits per heavy atom. The first kappa shape index (κ1) is 22.0. The summed E-state index contributed by atoms with van der Waals surface area (Å²) in [7, 11) is 0. The molecule has 3 aromatic rings. The average molecular weight is 437 g/mol. The summed E-state index contributed by atoms with van der Waals surface area (Å²) in [5.74, 6) is -1.62. The smallest absolute Gasteiger partial charge is 0.475 e. The summed E-state index contributed by atoms with van der Waals surface area (Å²) in [6.45, 7) is 1.01. The third kappa shape index (κ3) is 5.27. The van der Waals surface area contributed by atoms with Crippen LogP contribution < -0.4 is 5.32 Å². The lowest BCUT2D eigenvalue weighted by molar-refractivity contribution is -0.384. The van der Waals surface area contributed by atoms with Crippen molar-refractivity contribution in [2.24, 2.45) is 0 Å². The van der Waals surface area contributed by atoms with Crippen molar-refractivity contribution in [2.45, 2.75) is 38.4 Å². The molecule has 12 heteroatoms. The highest BCUT2D eigenvalue weighted by molar-refractivity contribution is 5.82. The summed E-state index contributed by atoms with van der Waals surface area (Å²) in [6, 6.07) is 7.52. The van der Waals surface area contributed by atoms with Gasteiger partial charge in [0.15, 0.2) is 0 Å². The number of hydrogen-bond donors (Lipinski definition) is 2. The second-order valence-electron chi connectivity index (χ2n) is 6.77. The van der Waals surface area contributed by atoms with Crippen LogP contribution in [-0.4, -0.2) is 36.7 Å². The van der Waals surface area contributed by atoms with E-state index < -0.39 is 17.1 Å². The van der Waals surface area contributed by atoms with E-state index in [0.717, 1.165) is 35.5 Å². The predicted octanol–water partition coefficient (Wildman–Crippen LogP) is 4.44. The van der Waals surface area contributed by atoms with Gasteiger partial charge in [-0.15, -0.1) is 0 Å². The second-order valence-corrected chi connectivity index (χ2v) is 6.77. The normalized spacial score (nSPS) is 13.5. The number of nitrogens with one attached hydrogen (secondary N) is 1. The number of aryl methyl sites for hydroxylation is 2. The van der Waals surface area contributed by atoms with Crippen molar-refractivity contribution in [3.05, 3.63) is 52.6 Å². The van der Waals surface area contributed by atoms with E-state index in [9.17, 15) is 23.3 Å². The molecule has 0 spiro atoms. The molecule has 0 bridgehead atoms. The molecule has 0 atom stereocenters. The minimum absolute atomic E-state index is 0.0433. The van der Waals surface area contributed by atoms with Gasteiger partial charge in [0.25, 0.3) is 0 Å². The van der Waals surface area contributed by atoms with Gasteiger partial charge in [-0.1, -0.05) is 6.42 Å². The second kappa shape index (κ2) is 8.98. The van der Waals surface area contributed by atoms with Crippen molar-refractivity contribution in [1.82, 2.24) is 14.5 Å². The number of carboxylic acids is 1. The molecule has 0 amide bonds. The van der Waals surface area contributed by atoms with Crippen LogP contribution >= 0.6 is 0 Å². The Labute approximate surface area is 173 Å². The Morgan fingerprint density at radius 2 is 1.97 bits per heavy atom. The third-order valence-corrected chi connectivity index (χ3v) is 4.63. The number of hydrogen-bond acceptors (Lipinski definition) is 6. The molecule has 2 N–H and O–H groups in total. The van der Waals surface area contributed by atoms with Crippen LogP contribution in [0.5, 0.6) is 0 Å². The maximum Gasteiger partial charge on any atom is 0.490 e. The van der Waals surface area contributed by atoms with E-state index in [1.807, 2.05) is 18.2 Å². The van der Waals surface area contributed by atoms with Crippen LogP contribution in [0.2, 0.25) is 0 Å². The van der Waals surface area contributed by atoms with E-state index in [-0.39, 0.29) is 5.69 Å². The van der Waals surface area contributed by atoms with Gasteiger partial charge >= 0.3 is 17.8 Å². The van der Waals surface area contributed by atoms with Crippen LogP contribution in [0.3, 0.4) is 0 Å². The molecule has 9 nitrogen and oxygen atoms in total. The van der Waals surface area contributed by atoms with Crippen molar-refractivity contribution < 1.29 is 28.0 Å². The Morgan fingerprint density at radius 1 is 1.23 bits per heavy atom. The molecule has 0 saturated carbocycles. The zero-order valence-corrected chi connectivity index (χ0v) is 16.1. The van der Waals surface area contributed by atoms with Gasteiger partial charge in [0.2, 0.25) is 0 Å². The zero-order chi connectivity index (χ0) is 22.6. The van der Waals surface area contributed by atoms with Gasteiger partial charge in [-0.25, -0.2) is 9.78 Å². The molecule has 1 aliphatic heterocycles. The van der Waals surface area contributed by atoms with E-state index in [4.69, 9.17) is 14.9 Å². The van der Waals surface area contributed by atoms with Crippen molar-refractivity contribution in [1.29, 1.82) is 0 Å². The molecule has 164 valence electrons. The molecule has 4 rings (SSSR count). The first-order valence-electron chi connectivity index (χ1n) is 9.31. The van der Waals surface area contributed by atoms with Gasteiger partial charge in [-0.3, -0.25) is 15.1 Å². The van der Waals surface area contributed by atoms with E-state index in [1.54, 1.807) is 6.07 Å². The molecule has 2 aromatic heterocycles. The number of fused-ring (bicyclic) bond motifs is 3. The molecule has 0 saturated heterocycles. The number of anilines is 2. The summed E-state index contributed by atoms with van der Waals surface area (Å²) in [5, 5.41) is 21.3. The fourth-order valence-electron chi connectivity index (χ4n) is 3.22. The number of alkyl halides is 3. The molecule has 1 aliphatic rings. The minimum atomic E-state index is -5.08. The Kier molecular flexibility index (Phi) is 6.37. The lowest BCUT2D eigenvalue weighted by Gasteiger charge is -2.07. The zero-order valence-electron chi connectivity index (χ0n) is 16.1. The largest absolute Gasteiger partial charge is 0.490 e. The van der Waals surface area contributed by atoms with Crippen LogP contribution in [-0.2, 0) is 17.8 Å². The standard InChI is InChI=1S/C17H17N5O2.C2HF3O2/c23-22(24)16-11-18-8-7-13(16)19-12-5-6-15-14(10-12)20-17-4-2-1-3-9-21(15)17;3-2(4,5)1(6)7/h5-8,10-11H,1-4,9H2,(H,18,19);(H,6,7). The average Bonchev–Trinajstić information content (AvgIpc) is 2.88. The van der Waals surface area contributed by atoms with Gasteiger partial charge < -0.3 is 15.0 Å². The molecule has 0 aliphatic carbocycles. The first-order chi connectivity index (χ1) is 14.7. The van der Waals surface area contributed by atoms with E-state index >= 15 is 0 Å². The maximum atomic E-state index is 11.1. The van der Waals surface area contributed by atoms with Gasteiger partial charge in [-0.05, 0) is 37.1 Å². The molecule has 0 radical (unpaired) electrons. The molecule has 0 unspecified atom stereocenters. The number of benzene rings is 1. The van der Waals surface area contributed by atoms with Crippen LogP contribution in [0.15, 0.2) is 36.7 Å². The van der Waals surface area contributed by atoms with E-state index in [2.05, 4.69) is 14.9 Å². The number of aliphatic carboxylic acids is 1. The quantitative estimate of drug-likeness (QED) is 0.459. The summed E-state index contributed by atoms with van der Waals surface area (Å²) in [4.78, 5) is 28.1. The Hall–Kier alpha value is -3.70. The number of nitrogens with zero attached hydrogens (tertiary/aromatic N) is 4. The van der Waals surface area contributed by atoms with Gasteiger partial charge in [0, 0.05) is 24.8 Å². The number of pyridine rings is 1. The number of carboxylic acid groups (broad SMARTS) is 1. The van der Waals surface area contributed by atoms with Crippen molar-refractivity contribution in [2.75, 3.05) is 5.32 Å². The minimum Gasteiger partial charge on any atom is -0.475 e. The topological polar surface area (TPSA) is 123 Å². The monoisotopic (exact) mass is 437 g/mol. The van der Waals surface area contributed by atoms with Gasteiger partial charge in [0.1, 0.15) is 17.7 Å². The summed E-state index contributed by atoms with van der Waals surface area (Å²) in [6.07, 6.45) is 2.31. The fourth-order valence-corrected chi connectivity index (χ4v) is 3.22. The van der Waals surface area contributed by atoms with Crippen molar-refractivity contribution in [3.8, 4) is 0 Å². The van der Waals surface area contributed by atoms with Gasteiger partial charge in [0.05, 0.1) is 16.0 Å². The highest BCUT2D eigenvalue weighted by Gasteiger charge is 2.38. The molecule has 31 heavy (non-hydrogen) atoms. The number of nitro groups is 1. The number of carbonyl (C=O) groups is 1. The molecule has 3 heterocycles. The number of aromatic nitrogens is 3. The van der Waals surface area contributed by atoms with Crippen LogP contribution in [0.4, 0.5) is 30.2 Å². The Balaban J connectivity index is 0.000000339. The summed E-state index contributed by atoms with van der Waals surface area (Å²) >= 11 is 0. The van der Waals surface area contributed by atoms with E-state index in [1.165, 1.54) is 31.7 Å². The number of halogens is 3.